The van der Waals surface area contributed by atoms with E-state index in [2.05, 4.69) is 12.8 Å². The quantitative estimate of drug-likeness (QED) is 0.574. The molecule has 11 heavy (non-hydrogen) atoms. The second kappa shape index (κ2) is 3.75. The molecule has 0 aliphatic carbocycles. The van der Waals surface area contributed by atoms with Gasteiger partial charge in [0.25, 0.3) is 0 Å². The summed E-state index contributed by atoms with van der Waals surface area (Å²) in [6.07, 6.45) is 7.59. The first-order valence-corrected chi connectivity index (χ1v) is 4.04. The third-order valence-electron chi connectivity index (χ3n) is 2.00. The van der Waals surface area contributed by atoms with Crippen LogP contribution in [0.2, 0.25) is 0 Å². The molecule has 0 aromatic rings. The molecule has 2 nitrogen and oxygen atoms in total. The number of hydrogen-bond acceptors (Lipinski definition) is 2. The Bertz CT molecular complexity index is 151. The van der Waals surface area contributed by atoms with E-state index in [9.17, 15) is 0 Å². The number of terminal acetylenes is 1. The lowest BCUT2D eigenvalue weighted by atomic mass is 10.1. The van der Waals surface area contributed by atoms with Crippen molar-refractivity contribution in [2.24, 2.45) is 0 Å². The van der Waals surface area contributed by atoms with Gasteiger partial charge in [-0.05, 0) is 6.42 Å². The highest BCUT2D eigenvalue weighted by Gasteiger charge is 2.33. The Kier molecular flexibility index (Phi) is 2.92. The molecule has 62 valence electrons. The van der Waals surface area contributed by atoms with E-state index in [1.165, 1.54) is 0 Å². The monoisotopic (exact) mass is 154 g/mol. The van der Waals surface area contributed by atoms with Crippen LogP contribution in [-0.4, -0.2) is 19.0 Å². The molecule has 0 aromatic carbocycles. The Morgan fingerprint density at radius 3 is 2.55 bits per heavy atom. The molecular formula is C9H14O2. The van der Waals surface area contributed by atoms with Gasteiger partial charge in [0.05, 0.1) is 13.2 Å². The Morgan fingerprint density at radius 1 is 1.45 bits per heavy atom. The minimum Gasteiger partial charge on any atom is -0.348 e. The summed E-state index contributed by atoms with van der Waals surface area (Å²) < 4.78 is 10.9. The fourth-order valence-electron chi connectivity index (χ4n) is 1.28. The Labute approximate surface area is 67.9 Å². The summed E-state index contributed by atoms with van der Waals surface area (Å²) in [4.78, 5) is 0. The SMILES string of the molecule is C#CCCC1(CC)OCCO1. The Hall–Kier alpha value is -0.520. The number of rotatable bonds is 3. The van der Waals surface area contributed by atoms with Crippen LogP contribution in [0, 0.1) is 12.3 Å². The van der Waals surface area contributed by atoms with E-state index in [1.807, 2.05) is 0 Å². The highest BCUT2D eigenvalue weighted by Crippen LogP contribution is 2.27. The molecule has 0 saturated carbocycles. The number of ether oxygens (including phenoxy) is 2. The van der Waals surface area contributed by atoms with Crippen LogP contribution in [0.3, 0.4) is 0 Å². The first-order chi connectivity index (χ1) is 5.33. The molecule has 0 bridgehead atoms. The average Bonchev–Trinajstić information content (AvgIpc) is 2.50. The maximum Gasteiger partial charge on any atom is 0.169 e. The normalized spacial score (nSPS) is 21.5. The fraction of sp³-hybridized carbons (Fsp3) is 0.778. The molecule has 0 aromatic heterocycles. The van der Waals surface area contributed by atoms with Gasteiger partial charge in [0.1, 0.15) is 0 Å². The van der Waals surface area contributed by atoms with E-state index < -0.39 is 0 Å². The van der Waals surface area contributed by atoms with Gasteiger partial charge in [0, 0.05) is 12.8 Å². The first kappa shape index (κ1) is 8.58. The van der Waals surface area contributed by atoms with Gasteiger partial charge in [0.15, 0.2) is 5.79 Å². The van der Waals surface area contributed by atoms with E-state index in [1.54, 1.807) is 0 Å². The van der Waals surface area contributed by atoms with Crippen LogP contribution < -0.4 is 0 Å². The lowest BCUT2D eigenvalue weighted by Gasteiger charge is -2.24. The van der Waals surface area contributed by atoms with Gasteiger partial charge in [0.2, 0.25) is 0 Å². The van der Waals surface area contributed by atoms with Crippen LogP contribution >= 0.6 is 0 Å². The zero-order chi connectivity index (χ0) is 8.16. The predicted octanol–water partition coefficient (Wildman–Crippen LogP) is 1.55. The Morgan fingerprint density at radius 2 is 2.09 bits per heavy atom. The van der Waals surface area contributed by atoms with Crippen LogP contribution in [0.4, 0.5) is 0 Å². The predicted molar refractivity (Wildman–Crippen MR) is 43.0 cm³/mol. The van der Waals surface area contributed by atoms with E-state index in [4.69, 9.17) is 15.9 Å². The van der Waals surface area contributed by atoms with E-state index in [-0.39, 0.29) is 5.79 Å². The maximum atomic E-state index is 5.47. The van der Waals surface area contributed by atoms with Crippen LogP contribution in [0.1, 0.15) is 26.2 Å². The summed E-state index contributed by atoms with van der Waals surface area (Å²) >= 11 is 0. The molecule has 0 radical (unpaired) electrons. The van der Waals surface area contributed by atoms with Gasteiger partial charge < -0.3 is 9.47 Å². The number of hydrogen-bond donors (Lipinski definition) is 0. The minimum absolute atomic E-state index is 0.355. The molecule has 1 saturated heterocycles. The third-order valence-corrected chi connectivity index (χ3v) is 2.00. The van der Waals surface area contributed by atoms with Crippen molar-refractivity contribution in [3.8, 4) is 12.3 Å². The van der Waals surface area contributed by atoms with Gasteiger partial charge >= 0.3 is 0 Å². The zero-order valence-corrected chi connectivity index (χ0v) is 6.93. The van der Waals surface area contributed by atoms with E-state index in [0.29, 0.717) is 13.2 Å². The molecule has 0 amide bonds. The molecule has 0 spiro atoms. The van der Waals surface area contributed by atoms with Gasteiger partial charge in [-0.2, -0.15) is 0 Å². The fourth-order valence-corrected chi connectivity index (χ4v) is 1.28. The lowest BCUT2D eigenvalue weighted by Crippen LogP contribution is -2.28. The summed E-state index contributed by atoms with van der Waals surface area (Å²) in [6, 6.07) is 0. The van der Waals surface area contributed by atoms with Crippen molar-refractivity contribution in [3.05, 3.63) is 0 Å². The van der Waals surface area contributed by atoms with Gasteiger partial charge in [-0.3, -0.25) is 0 Å². The van der Waals surface area contributed by atoms with Crippen LogP contribution in [0.5, 0.6) is 0 Å². The van der Waals surface area contributed by atoms with Crippen molar-refractivity contribution in [3.63, 3.8) is 0 Å². The molecule has 1 aliphatic heterocycles. The summed E-state index contributed by atoms with van der Waals surface area (Å²) in [6.45, 7) is 3.47. The van der Waals surface area contributed by atoms with Gasteiger partial charge in [-0.15, -0.1) is 12.3 Å². The largest absolute Gasteiger partial charge is 0.348 e. The standard InChI is InChI=1S/C9H14O2/c1-3-5-6-9(4-2)10-7-8-11-9/h1H,4-8H2,2H3. The van der Waals surface area contributed by atoms with E-state index >= 15 is 0 Å². The molecule has 0 atom stereocenters. The zero-order valence-electron chi connectivity index (χ0n) is 6.93. The van der Waals surface area contributed by atoms with Crippen molar-refractivity contribution in [2.45, 2.75) is 32.0 Å². The topological polar surface area (TPSA) is 18.5 Å². The molecule has 1 aliphatic rings. The lowest BCUT2D eigenvalue weighted by molar-refractivity contribution is -0.162. The second-order valence-corrected chi connectivity index (χ2v) is 2.67. The Balaban J connectivity index is 2.40. The van der Waals surface area contributed by atoms with E-state index in [0.717, 1.165) is 19.3 Å². The highest BCUT2D eigenvalue weighted by atomic mass is 16.7. The average molecular weight is 154 g/mol. The summed E-state index contributed by atoms with van der Waals surface area (Å²) in [7, 11) is 0. The molecule has 0 unspecified atom stereocenters. The van der Waals surface area contributed by atoms with Crippen molar-refractivity contribution in [2.75, 3.05) is 13.2 Å². The summed E-state index contributed by atoms with van der Waals surface area (Å²) in [5, 5.41) is 0. The maximum absolute atomic E-state index is 5.47. The van der Waals surface area contributed by atoms with Crippen LogP contribution in [-0.2, 0) is 9.47 Å². The summed E-state index contributed by atoms with van der Waals surface area (Å²) in [5.74, 6) is 2.24. The van der Waals surface area contributed by atoms with Crippen LogP contribution in [0.15, 0.2) is 0 Å². The second-order valence-electron chi connectivity index (χ2n) is 2.67. The summed E-state index contributed by atoms with van der Waals surface area (Å²) in [5.41, 5.74) is 0. The van der Waals surface area contributed by atoms with Gasteiger partial charge in [-0.25, -0.2) is 0 Å². The van der Waals surface area contributed by atoms with Crippen molar-refractivity contribution < 1.29 is 9.47 Å². The molecular weight excluding hydrogens is 140 g/mol. The van der Waals surface area contributed by atoms with Crippen molar-refractivity contribution in [1.82, 2.24) is 0 Å². The first-order valence-electron chi connectivity index (χ1n) is 4.04. The smallest absolute Gasteiger partial charge is 0.169 e. The third kappa shape index (κ3) is 1.95. The van der Waals surface area contributed by atoms with Crippen LogP contribution in [0.25, 0.3) is 0 Å². The molecule has 1 fully saturated rings. The van der Waals surface area contributed by atoms with Crippen molar-refractivity contribution >= 4 is 0 Å². The molecule has 1 heterocycles. The highest BCUT2D eigenvalue weighted by molar-refractivity contribution is 4.87. The minimum atomic E-state index is -0.355. The van der Waals surface area contributed by atoms with Gasteiger partial charge in [-0.1, -0.05) is 6.92 Å². The molecule has 2 heteroatoms. The molecule has 0 N–H and O–H groups in total. The molecule has 1 rings (SSSR count). The van der Waals surface area contributed by atoms with Crippen molar-refractivity contribution in [1.29, 1.82) is 0 Å².